The summed E-state index contributed by atoms with van der Waals surface area (Å²) in [4.78, 5) is 24.8. The minimum atomic E-state index is -0.304. The van der Waals surface area contributed by atoms with Gasteiger partial charge in [0.15, 0.2) is 0 Å². The Bertz CT molecular complexity index is 288. The molecule has 0 aromatic rings. The number of carbonyl (C=O) groups excluding carboxylic acids is 2. The maximum Gasteiger partial charge on any atom is 0.239 e. The van der Waals surface area contributed by atoms with Crippen LogP contribution >= 0.6 is 0 Å². The van der Waals surface area contributed by atoms with Crippen LogP contribution < -0.4 is 16.4 Å². The number of likely N-dealkylation sites (tertiary alicyclic amines) is 1. The summed E-state index contributed by atoms with van der Waals surface area (Å²) < 4.78 is 0. The maximum atomic E-state index is 11.4. The third-order valence-corrected chi connectivity index (χ3v) is 3.66. The van der Waals surface area contributed by atoms with E-state index in [4.69, 9.17) is 5.73 Å². The van der Waals surface area contributed by atoms with Gasteiger partial charge < -0.3 is 21.3 Å². The largest absolute Gasteiger partial charge is 0.355 e. The van der Waals surface area contributed by atoms with Gasteiger partial charge in [-0.3, -0.25) is 9.59 Å². The number of hydrogen-bond acceptors (Lipinski definition) is 4. The van der Waals surface area contributed by atoms with Crippen LogP contribution in [0.1, 0.15) is 26.2 Å². The van der Waals surface area contributed by atoms with Crippen molar-refractivity contribution in [1.82, 2.24) is 15.5 Å². The molecule has 1 fully saturated rings. The van der Waals surface area contributed by atoms with Crippen LogP contribution in [0.2, 0.25) is 0 Å². The van der Waals surface area contributed by atoms with E-state index < -0.39 is 0 Å². The smallest absolute Gasteiger partial charge is 0.239 e. The van der Waals surface area contributed by atoms with Crippen molar-refractivity contribution >= 4 is 11.8 Å². The molecular weight excluding hydrogens is 244 g/mol. The second-order valence-electron chi connectivity index (χ2n) is 5.00. The van der Waals surface area contributed by atoms with E-state index >= 15 is 0 Å². The van der Waals surface area contributed by atoms with Crippen molar-refractivity contribution in [3.05, 3.63) is 0 Å². The number of rotatable bonds is 7. The van der Waals surface area contributed by atoms with Crippen LogP contribution in [0.15, 0.2) is 0 Å². The van der Waals surface area contributed by atoms with Crippen LogP contribution in [0.25, 0.3) is 0 Å². The molecule has 1 heterocycles. The highest BCUT2D eigenvalue weighted by molar-refractivity contribution is 5.85. The van der Waals surface area contributed by atoms with Gasteiger partial charge in [-0.1, -0.05) is 6.92 Å². The molecule has 0 aromatic carbocycles. The van der Waals surface area contributed by atoms with E-state index in [9.17, 15) is 9.59 Å². The van der Waals surface area contributed by atoms with Crippen molar-refractivity contribution in [3.8, 4) is 0 Å². The molecule has 0 unspecified atom stereocenters. The highest BCUT2D eigenvalue weighted by Crippen LogP contribution is 2.19. The average molecular weight is 270 g/mol. The zero-order chi connectivity index (χ0) is 14.1. The molecule has 0 spiro atoms. The fourth-order valence-corrected chi connectivity index (χ4v) is 2.32. The summed E-state index contributed by atoms with van der Waals surface area (Å²) in [7, 11) is 0. The number of hydrogen-bond donors (Lipinski definition) is 3. The first kappa shape index (κ1) is 15.9. The Kier molecular flexibility index (Phi) is 7.43. The summed E-state index contributed by atoms with van der Waals surface area (Å²) in [6.07, 6.45) is 3.45. The molecule has 19 heavy (non-hydrogen) atoms. The van der Waals surface area contributed by atoms with Gasteiger partial charge in [0.1, 0.15) is 0 Å². The summed E-state index contributed by atoms with van der Waals surface area (Å²) >= 11 is 0. The summed E-state index contributed by atoms with van der Waals surface area (Å²) in [5, 5.41) is 5.28. The van der Waals surface area contributed by atoms with Gasteiger partial charge >= 0.3 is 0 Å². The molecule has 0 aromatic heterocycles. The molecule has 1 rings (SSSR count). The van der Waals surface area contributed by atoms with Gasteiger partial charge in [0, 0.05) is 6.54 Å². The van der Waals surface area contributed by atoms with Crippen molar-refractivity contribution in [2.75, 3.05) is 39.3 Å². The summed E-state index contributed by atoms with van der Waals surface area (Å²) in [5.41, 5.74) is 5.13. The van der Waals surface area contributed by atoms with Gasteiger partial charge in [0.2, 0.25) is 11.8 Å². The van der Waals surface area contributed by atoms with Crippen LogP contribution in [0.3, 0.4) is 0 Å². The fourth-order valence-electron chi connectivity index (χ4n) is 2.32. The molecule has 0 radical (unpaired) electrons. The van der Waals surface area contributed by atoms with E-state index in [1.165, 1.54) is 25.9 Å². The number of piperidine rings is 1. The average Bonchev–Trinajstić information content (AvgIpc) is 2.45. The Labute approximate surface area is 115 Å². The molecular formula is C13H26N4O2. The van der Waals surface area contributed by atoms with E-state index in [0.717, 1.165) is 13.0 Å². The molecule has 110 valence electrons. The molecule has 1 aliphatic rings. The van der Waals surface area contributed by atoms with E-state index in [-0.39, 0.29) is 24.9 Å². The molecule has 0 saturated carbocycles. The first-order valence-electron chi connectivity index (χ1n) is 7.11. The lowest BCUT2D eigenvalue weighted by atomic mass is 9.93. The van der Waals surface area contributed by atoms with Gasteiger partial charge in [-0.05, 0) is 44.8 Å². The normalized spacial score (nSPS) is 17.2. The van der Waals surface area contributed by atoms with Crippen LogP contribution in [0.5, 0.6) is 0 Å². The van der Waals surface area contributed by atoms with E-state index in [0.29, 0.717) is 12.5 Å². The zero-order valence-corrected chi connectivity index (χ0v) is 11.8. The molecule has 6 nitrogen and oxygen atoms in total. The van der Waals surface area contributed by atoms with E-state index in [1.54, 1.807) is 0 Å². The quantitative estimate of drug-likeness (QED) is 0.571. The van der Waals surface area contributed by atoms with Crippen LogP contribution in [-0.2, 0) is 9.59 Å². The van der Waals surface area contributed by atoms with Gasteiger partial charge in [-0.15, -0.1) is 0 Å². The molecule has 1 saturated heterocycles. The van der Waals surface area contributed by atoms with Crippen LogP contribution in [0, 0.1) is 5.92 Å². The lowest BCUT2D eigenvalue weighted by Crippen LogP contribution is -2.40. The van der Waals surface area contributed by atoms with E-state index in [2.05, 4.69) is 22.5 Å². The van der Waals surface area contributed by atoms with E-state index in [1.807, 2.05) is 0 Å². The lowest BCUT2D eigenvalue weighted by molar-refractivity contribution is -0.125. The third kappa shape index (κ3) is 6.54. The van der Waals surface area contributed by atoms with Crippen LogP contribution in [0.4, 0.5) is 0 Å². The predicted octanol–water partition coefficient (Wildman–Crippen LogP) is -0.700. The standard InChI is InChI=1S/C13H26N4O2/c1-2-17-7-4-11(5-8-17)3-6-15-13(19)10-16-12(18)9-14/h11H,2-10,14H2,1H3,(H,15,19)(H,16,18). The lowest BCUT2D eigenvalue weighted by Gasteiger charge is -2.31. The predicted molar refractivity (Wildman–Crippen MR) is 74.5 cm³/mol. The van der Waals surface area contributed by atoms with Gasteiger partial charge in [-0.2, -0.15) is 0 Å². The monoisotopic (exact) mass is 270 g/mol. The molecule has 0 atom stereocenters. The van der Waals surface area contributed by atoms with Gasteiger partial charge in [0.05, 0.1) is 13.1 Å². The number of nitrogens with two attached hydrogens (primary N) is 1. The Morgan fingerprint density at radius 1 is 1.21 bits per heavy atom. The van der Waals surface area contributed by atoms with Crippen molar-refractivity contribution in [2.24, 2.45) is 11.7 Å². The number of nitrogens with zero attached hydrogens (tertiary/aromatic N) is 1. The van der Waals surface area contributed by atoms with Gasteiger partial charge in [-0.25, -0.2) is 0 Å². The highest BCUT2D eigenvalue weighted by Gasteiger charge is 2.17. The molecule has 0 bridgehead atoms. The van der Waals surface area contributed by atoms with Crippen molar-refractivity contribution in [2.45, 2.75) is 26.2 Å². The Morgan fingerprint density at radius 3 is 2.47 bits per heavy atom. The van der Waals surface area contributed by atoms with Gasteiger partial charge in [0.25, 0.3) is 0 Å². The molecule has 1 aliphatic heterocycles. The SMILES string of the molecule is CCN1CCC(CCNC(=O)CNC(=O)CN)CC1. The Morgan fingerprint density at radius 2 is 1.89 bits per heavy atom. The number of nitrogens with one attached hydrogen (secondary N) is 2. The molecule has 0 aliphatic carbocycles. The Hall–Kier alpha value is -1.14. The summed E-state index contributed by atoms with van der Waals surface area (Å²) in [6, 6.07) is 0. The number of amides is 2. The Balaban J connectivity index is 2.04. The third-order valence-electron chi connectivity index (χ3n) is 3.66. The van der Waals surface area contributed by atoms with Crippen molar-refractivity contribution in [1.29, 1.82) is 0 Å². The maximum absolute atomic E-state index is 11.4. The van der Waals surface area contributed by atoms with Crippen molar-refractivity contribution in [3.63, 3.8) is 0 Å². The van der Waals surface area contributed by atoms with Crippen LogP contribution in [-0.4, -0.2) is 56.0 Å². The highest BCUT2D eigenvalue weighted by atomic mass is 16.2. The first-order chi connectivity index (χ1) is 9.15. The minimum Gasteiger partial charge on any atom is -0.355 e. The second-order valence-corrected chi connectivity index (χ2v) is 5.00. The molecule has 2 amide bonds. The summed E-state index contributed by atoms with van der Waals surface area (Å²) in [6.45, 7) is 6.28. The number of carbonyl (C=O) groups is 2. The van der Waals surface area contributed by atoms with Crippen molar-refractivity contribution < 1.29 is 9.59 Å². The topological polar surface area (TPSA) is 87.5 Å². The zero-order valence-electron chi connectivity index (χ0n) is 11.8. The second kappa shape index (κ2) is 8.87. The fraction of sp³-hybridized carbons (Fsp3) is 0.846. The molecule has 4 N–H and O–H groups in total. The first-order valence-corrected chi connectivity index (χ1v) is 7.11. The minimum absolute atomic E-state index is 0.0182. The summed E-state index contributed by atoms with van der Waals surface area (Å²) in [5.74, 6) is 0.261. The molecule has 6 heteroatoms.